The highest BCUT2D eigenvalue weighted by atomic mass is 16.5. The van der Waals surface area contributed by atoms with E-state index >= 15 is 0 Å². The fourth-order valence-electron chi connectivity index (χ4n) is 1.69. The van der Waals surface area contributed by atoms with Crippen molar-refractivity contribution in [3.8, 4) is 11.5 Å². The second kappa shape index (κ2) is 4.45. The number of pyridine rings is 1. The number of hydrogen-bond donors (Lipinski definition) is 1. The summed E-state index contributed by atoms with van der Waals surface area (Å²) in [5.74, 6) is 2.08. The van der Waals surface area contributed by atoms with Crippen molar-refractivity contribution in [1.29, 1.82) is 0 Å². The molecule has 1 aromatic heterocycles. The van der Waals surface area contributed by atoms with Crippen LogP contribution in [0.25, 0.3) is 0 Å². The van der Waals surface area contributed by atoms with Crippen LogP contribution in [0.1, 0.15) is 16.7 Å². The van der Waals surface area contributed by atoms with Gasteiger partial charge in [-0.15, -0.1) is 0 Å². The Morgan fingerprint density at radius 1 is 1.06 bits per heavy atom. The van der Waals surface area contributed by atoms with E-state index in [9.17, 15) is 0 Å². The third-order valence-corrected chi connectivity index (χ3v) is 2.85. The van der Waals surface area contributed by atoms with Gasteiger partial charge in [-0.05, 0) is 43.5 Å². The molecule has 0 unspecified atom stereocenters. The number of ether oxygens (including phenoxy) is 1. The molecule has 0 amide bonds. The van der Waals surface area contributed by atoms with Gasteiger partial charge in [-0.3, -0.25) is 0 Å². The van der Waals surface area contributed by atoms with Gasteiger partial charge in [-0.2, -0.15) is 0 Å². The lowest BCUT2D eigenvalue weighted by Crippen LogP contribution is -1.95. The van der Waals surface area contributed by atoms with Crippen LogP contribution >= 0.6 is 0 Å². The molecule has 1 heterocycles. The first kappa shape index (κ1) is 11.5. The molecular formula is C14H16N2O. The van der Waals surface area contributed by atoms with E-state index in [1.807, 2.05) is 6.92 Å². The minimum Gasteiger partial charge on any atom is -0.457 e. The van der Waals surface area contributed by atoms with Crippen LogP contribution in [0.2, 0.25) is 0 Å². The number of nitrogens with zero attached hydrogens (tertiary/aromatic N) is 1. The van der Waals surface area contributed by atoms with Crippen molar-refractivity contribution in [1.82, 2.24) is 4.98 Å². The lowest BCUT2D eigenvalue weighted by Gasteiger charge is -2.13. The molecule has 17 heavy (non-hydrogen) atoms. The molecule has 0 saturated heterocycles. The van der Waals surface area contributed by atoms with Crippen LogP contribution in [0.3, 0.4) is 0 Å². The minimum atomic E-state index is 0.463. The Labute approximate surface area is 101 Å². The van der Waals surface area contributed by atoms with E-state index in [1.165, 1.54) is 5.56 Å². The van der Waals surface area contributed by atoms with Crippen molar-refractivity contribution < 1.29 is 4.74 Å². The van der Waals surface area contributed by atoms with Crippen LogP contribution in [-0.2, 0) is 0 Å². The second-order valence-electron chi connectivity index (χ2n) is 4.17. The first-order valence-electron chi connectivity index (χ1n) is 5.54. The van der Waals surface area contributed by atoms with Crippen LogP contribution < -0.4 is 10.5 Å². The molecule has 0 atom stereocenters. The fraction of sp³-hybridized carbons (Fsp3) is 0.214. The standard InChI is InChI=1S/C14H16N2O/c1-9-4-5-10(2)14(11(9)3)17-12-6-7-16-13(15)8-12/h4-8H,1-3H3,(H2,15,16). The van der Waals surface area contributed by atoms with Crippen molar-refractivity contribution in [2.45, 2.75) is 20.8 Å². The molecule has 2 N–H and O–H groups in total. The Morgan fingerprint density at radius 3 is 2.47 bits per heavy atom. The van der Waals surface area contributed by atoms with Gasteiger partial charge >= 0.3 is 0 Å². The largest absolute Gasteiger partial charge is 0.457 e. The molecule has 0 bridgehead atoms. The average Bonchev–Trinajstić information content (AvgIpc) is 2.30. The van der Waals surface area contributed by atoms with Crippen molar-refractivity contribution in [2.75, 3.05) is 5.73 Å². The maximum absolute atomic E-state index is 5.88. The van der Waals surface area contributed by atoms with Gasteiger partial charge in [0.15, 0.2) is 0 Å². The highest BCUT2D eigenvalue weighted by Crippen LogP contribution is 2.30. The summed E-state index contributed by atoms with van der Waals surface area (Å²) in [6.45, 7) is 6.16. The number of anilines is 1. The maximum atomic E-state index is 5.88. The highest BCUT2D eigenvalue weighted by molar-refractivity contribution is 5.48. The zero-order chi connectivity index (χ0) is 12.4. The Balaban J connectivity index is 2.39. The number of benzene rings is 1. The van der Waals surface area contributed by atoms with E-state index in [1.54, 1.807) is 18.3 Å². The lowest BCUT2D eigenvalue weighted by molar-refractivity contribution is 0.474. The minimum absolute atomic E-state index is 0.463. The van der Waals surface area contributed by atoms with E-state index in [-0.39, 0.29) is 0 Å². The summed E-state index contributed by atoms with van der Waals surface area (Å²) in [5.41, 5.74) is 9.11. The smallest absolute Gasteiger partial charge is 0.133 e. The Morgan fingerprint density at radius 2 is 1.76 bits per heavy atom. The number of hydrogen-bond acceptors (Lipinski definition) is 3. The molecule has 0 saturated carbocycles. The number of aromatic nitrogens is 1. The third kappa shape index (κ3) is 2.38. The van der Waals surface area contributed by atoms with Crippen LogP contribution in [0, 0.1) is 20.8 Å². The molecule has 0 spiro atoms. The van der Waals surface area contributed by atoms with Crippen LogP contribution in [0.5, 0.6) is 11.5 Å². The Kier molecular flexibility index (Phi) is 3.00. The Hall–Kier alpha value is -2.03. The monoisotopic (exact) mass is 228 g/mol. The first-order chi connectivity index (χ1) is 8.08. The molecule has 0 radical (unpaired) electrons. The summed E-state index contributed by atoms with van der Waals surface area (Å²) in [4.78, 5) is 3.94. The van der Waals surface area contributed by atoms with Crippen molar-refractivity contribution in [2.24, 2.45) is 0 Å². The van der Waals surface area contributed by atoms with Crippen LogP contribution in [0.4, 0.5) is 5.82 Å². The van der Waals surface area contributed by atoms with Crippen molar-refractivity contribution >= 4 is 5.82 Å². The Bertz CT molecular complexity index is 550. The molecule has 3 heteroatoms. The molecule has 2 rings (SSSR count). The normalized spacial score (nSPS) is 10.3. The number of nitrogen functional groups attached to an aromatic ring is 1. The van der Waals surface area contributed by atoms with Gasteiger partial charge < -0.3 is 10.5 Å². The summed E-state index contributed by atoms with van der Waals surface area (Å²) < 4.78 is 5.88. The molecule has 0 aliphatic rings. The zero-order valence-corrected chi connectivity index (χ0v) is 10.3. The van der Waals surface area contributed by atoms with E-state index in [0.717, 1.165) is 16.9 Å². The molecule has 0 aliphatic carbocycles. The van der Waals surface area contributed by atoms with Gasteiger partial charge in [0.1, 0.15) is 17.3 Å². The summed E-state index contributed by atoms with van der Waals surface area (Å²) in [7, 11) is 0. The fourth-order valence-corrected chi connectivity index (χ4v) is 1.69. The van der Waals surface area contributed by atoms with E-state index in [0.29, 0.717) is 11.6 Å². The molecule has 0 fully saturated rings. The summed E-state index contributed by atoms with van der Waals surface area (Å²) in [6, 6.07) is 7.68. The van der Waals surface area contributed by atoms with E-state index < -0.39 is 0 Å². The molecule has 88 valence electrons. The lowest BCUT2D eigenvalue weighted by atomic mass is 10.1. The molecule has 1 aromatic carbocycles. The predicted molar refractivity (Wildman–Crippen MR) is 69.4 cm³/mol. The van der Waals surface area contributed by atoms with Gasteiger partial charge in [0.2, 0.25) is 0 Å². The molecule has 3 nitrogen and oxygen atoms in total. The van der Waals surface area contributed by atoms with Crippen molar-refractivity contribution in [3.63, 3.8) is 0 Å². The quantitative estimate of drug-likeness (QED) is 0.857. The molecular weight excluding hydrogens is 212 g/mol. The SMILES string of the molecule is Cc1ccc(C)c(Oc2ccnc(N)c2)c1C. The zero-order valence-electron chi connectivity index (χ0n) is 10.3. The van der Waals surface area contributed by atoms with Gasteiger partial charge in [0.05, 0.1) is 0 Å². The van der Waals surface area contributed by atoms with Gasteiger partial charge in [0.25, 0.3) is 0 Å². The topological polar surface area (TPSA) is 48.1 Å². The number of rotatable bonds is 2. The summed E-state index contributed by atoms with van der Waals surface area (Å²) >= 11 is 0. The van der Waals surface area contributed by atoms with E-state index in [2.05, 4.69) is 31.0 Å². The number of aryl methyl sites for hydroxylation is 2. The van der Waals surface area contributed by atoms with Gasteiger partial charge in [0, 0.05) is 12.3 Å². The van der Waals surface area contributed by atoms with Crippen LogP contribution in [0.15, 0.2) is 30.5 Å². The average molecular weight is 228 g/mol. The van der Waals surface area contributed by atoms with Crippen LogP contribution in [-0.4, -0.2) is 4.98 Å². The summed E-state index contributed by atoms with van der Waals surface area (Å²) in [5, 5.41) is 0. The van der Waals surface area contributed by atoms with Gasteiger partial charge in [-0.25, -0.2) is 4.98 Å². The summed E-state index contributed by atoms with van der Waals surface area (Å²) in [6.07, 6.45) is 1.64. The molecule has 0 aliphatic heterocycles. The molecule has 2 aromatic rings. The predicted octanol–water partition coefficient (Wildman–Crippen LogP) is 3.38. The van der Waals surface area contributed by atoms with Gasteiger partial charge in [-0.1, -0.05) is 12.1 Å². The highest BCUT2D eigenvalue weighted by Gasteiger charge is 2.07. The maximum Gasteiger partial charge on any atom is 0.133 e. The van der Waals surface area contributed by atoms with Crippen molar-refractivity contribution in [3.05, 3.63) is 47.2 Å². The first-order valence-corrected chi connectivity index (χ1v) is 5.54. The van der Waals surface area contributed by atoms with E-state index in [4.69, 9.17) is 10.5 Å². The third-order valence-electron chi connectivity index (χ3n) is 2.85. The number of nitrogens with two attached hydrogens (primary N) is 1. The second-order valence-corrected chi connectivity index (χ2v) is 4.17.